The fourth-order valence-corrected chi connectivity index (χ4v) is 5.00. The molecule has 0 bridgehead atoms. The van der Waals surface area contributed by atoms with Crippen LogP contribution in [-0.2, 0) is 19.3 Å². The highest BCUT2D eigenvalue weighted by Gasteiger charge is 2.23. The fraction of sp³-hybridized carbons (Fsp3) is 0.516. The van der Waals surface area contributed by atoms with Crippen LogP contribution in [0, 0.1) is 5.41 Å². The molecule has 33 heavy (non-hydrogen) atoms. The van der Waals surface area contributed by atoms with Crippen molar-refractivity contribution >= 4 is 17.6 Å². The van der Waals surface area contributed by atoms with Crippen molar-refractivity contribution < 1.29 is 9.90 Å². The van der Waals surface area contributed by atoms with Gasteiger partial charge in [-0.2, -0.15) is 0 Å². The van der Waals surface area contributed by atoms with Crippen molar-refractivity contribution in [2.24, 2.45) is 5.41 Å². The number of aromatic carboxylic acids is 1. The van der Waals surface area contributed by atoms with Crippen LogP contribution in [0.4, 0.5) is 0 Å². The predicted molar refractivity (Wildman–Crippen MR) is 141 cm³/mol. The van der Waals surface area contributed by atoms with Crippen LogP contribution in [0.5, 0.6) is 0 Å². The Balaban J connectivity index is 1.86. The highest BCUT2D eigenvalue weighted by molar-refractivity contribution is 5.88. The van der Waals surface area contributed by atoms with Crippen LogP contribution in [0.15, 0.2) is 36.4 Å². The Hall–Kier alpha value is -2.35. The maximum Gasteiger partial charge on any atom is 0.335 e. The van der Waals surface area contributed by atoms with Crippen molar-refractivity contribution in [1.82, 2.24) is 0 Å². The topological polar surface area (TPSA) is 37.3 Å². The first kappa shape index (κ1) is 25.3. The molecule has 0 amide bonds. The molecule has 2 aromatic rings. The molecule has 1 aliphatic rings. The van der Waals surface area contributed by atoms with E-state index in [-0.39, 0.29) is 0 Å². The zero-order chi connectivity index (χ0) is 23.8. The van der Waals surface area contributed by atoms with E-state index in [1.165, 1.54) is 80.1 Å². The standard InChI is InChI=1S/C31H42O2/c1-5-6-7-8-9-10-11-28-21-26-16-18-31(3,4)19-17-27(26)22-29(28)23(2)20-24-12-14-25(15-13-24)30(32)33/h12-15,20-22H,5-11,16-19H2,1-4H3,(H,32,33). The Bertz CT molecular complexity index is 963. The SMILES string of the molecule is CCCCCCCCc1cc2c(cc1C(C)=Cc1ccc(C(=O)O)cc1)CCC(C)(C)CC2. The van der Waals surface area contributed by atoms with Gasteiger partial charge in [0.25, 0.3) is 0 Å². The van der Waals surface area contributed by atoms with Crippen LogP contribution in [0.3, 0.4) is 0 Å². The largest absolute Gasteiger partial charge is 0.478 e. The molecule has 2 aromatic carbocycles. The average molecular weight is 447 g/mol. The zero-order valence-corrected chi connectivity index (χ0v) is 21.2. The van der Waals surface area contributed by atoms with E-state index in [9.17, 15) is 9.90 Å². The fourth-order valence-electron chi connectivity index (χ4n) is 5.00. The van der Waals surface area contributed by atoms with Gasteiger partial charge in [-0.15, -0.1) is 0 Å². The highest BCUT2D eigenvalue weighted by Crippen LogP contribution is 2.36. The zero-order valence-electron chi connectivity index (χ0n) is 21.2. The highest BCUT2D eigenvalue weighted by atomic mass is 16.4. The summed E-state index contributed by atoms with van der Waals surface area (Å²) in [6.07, 6.45) is 16.1. The van der Waals surface area contributed by atoms with Crippen molar-refractivity contribution in [2.45, 2.75) is 98.3 Å². The number of fused-ring (bicyclic) bond motifs is 1. The number of allylic oxidation sites excluding steroid dienone is 1. The smallest absolute Gasteiger partial charge is 0.335 e. The lowest BCUT2D eigenvalue weighted by atomic mass is 9.85. The number of benzene rings is 2. The summed E-state index contributed by atoms with van der Waals surface area (Å²) in [6.45, 7) is 9.29. The van der Waals surface area contributed by atoms with E-state index in [1.807, 2.05) is 12.1 Å². The molecule has 0 unspecified atom stereocenters. The predicted octanol–water partition coefficient (Wildman–Crippen LogP) is 8.75. The van der Waals surface area contributed by atoms with E-state index >= 15 is 0 Å². The van der Waals surface area contributed by atoms with Gasteiger partial charge in [-0.1, -0.05) is 83.2 Å². The summed E-state index contributed by atoms with van der Waals surface area (Å²) < 4.78 is 0. The molecule has 0 aromatic heterocycles. The third kappa shape index (κ3) is 7.32. The number of rotatable bonds is 10. The van der Waals surface area contributed by atoms with Crippen molar-refractivity contribution in [3.05, 3.63) is 69.8 Å². The molecule has 0 heterocycles. The van der Waals surface area contributed by atoms with Crippen LogP contribution < -0.4 is 0 Å². The molecule has 0 spiro atoms. The van der Waals surface area contributed by atoms with Crippen LogP contribution >= 0.6 is 0 Å². The van der Waals surface area contributed by atoms with Gasteiger partial charge in [-0.3, -0.25) is 0 Å². The number of carboxylic acid groups (broad SMARTS) is 1. The maximum absolute atomic E-state index is 11.2. The number of unbranched alkanes of at least 4 members (excludes halogenated alkanes) is 5. The summed E-state index contributed by atoms with van der Waals surface area (Å²) >= 11 is 0. The molecule has 0 fully saturated rings. The normalized spacial score (nSPS) is 15.7. The third-order valence-corrected chi connectivity index (χ3v) is 7.33. The molecule has 3 rings (SSSR count). The van der Waals surface area contributed by atoms with E-state index < -0.39 is 5.97 Å². The third-order valence-electron chi connectivity index (χ3n) is 7.33. The Labute approximate surface area is 201 Å². The van der Waals surface area contributed by atoms with Gasteiger partial charge in [-0.25, -0.2) is 4.79 Å². The van der Waals surface area contributed by atoms with Crippen molar-refractivity contribution in [2.75, 3.05) is 0 Å². The molecule has 2 heteroatoms. The molecular formula is C31H42O2. The number of hydrogen-bond donors (Lipinski definition) is 1. The monoisotopic (exact) mass is 446 g/mol. The Kier molecular flexibility index (Phi) is 8.95. The summed E-state index contributed by atoms with van der Waals surface area (Å²) in [5.41, 5.74) is 9.02. The molecule has 178 valence electrons. The van der Waals surface area contributed by atoms with Crippen LogP contribution in [0.2, 0.25) is 0 Å². The minimum atomic E-state index is -0.878. The van der Waals surface area contributed by atoms with Crippen LogP contribution in [-0.4, -0.2) is 11.1 Å². The van der Waals surface area contributed by atoms with Gasteiger partial charge in [0.05, 0.1) is 5.56 Å². The molecule has 0 atom stereocenters. The Morgan fingerprint density at radius 1 is 0.939 bits per heavy atom. The molecule has 0 aliphatic heterocycles. The number of aryl methyl sites for hydroxylation is 3. The van der Waals surface area contributed by atoms with Crippen LogP contribution in [0.1, 0.15) is 117 Å². The lowest BCUT2D eigenvalue weighted by Crippen LogP contribution is -2.10. The van der Waals surface area contributed by atoms with Gasteiger partial charge in [0, 0.05) is 0 Å². The molecule has 0 saturated heterocycles. The molecular weight excluding hydrogens is 404 g/mol. The molecule has 1 aliphatic carbocycles. The minimum Gasteiger partial charge on any atom is -0.478 e. The summed E-state index contributed by atoms with van der Waals surface area (Å²) in [7, 11) is 0. The molecule has 0 saturated carbocycles. The van der Waals surface area contributed by atoms with E-state index in [0.717, 1.165) is 18.4 Å². The second kappa shape index (κ2) is 11.7. The summed E-state index contributed by atoms with van der Waals surface area (Å²) in [5.74, 6) is -0.878. The van der Waals surface area contributed by atoms with Gasteiger partial charge in [0.15, 0.2) is 0 Å². The number of hydrogen-bond acceptors (Lipinski definition) is 1. The second-order valence-electron chi connectivity index (χ2n) is 10.7. The van der Waals surface area contributed by atoms with E-state index in [1.54, 1.807) is 17.7 Å². The molecule has 1 N–H and O–H groups in total. The number of carbonyl (C=O) groups is 1. The average Bonchev–Trinajstić information content (AvgIpc) is 2.93. The van der Waals surface area contributed by atoms with Gasteiger partial charge in [0.2, 0.25) is 0 Å². The van der Waals surface area contributed by atoms with Crippen LogP contribution in [0.25, 0.3) is 11.6 Å². The first-order chi connectivity index (χ1) is 15.8. The summed E-state index contributed by atoms with van der Waals surface area (Å²) in [5, 5.41) is 9.18. The number of carboxylic acids is 1. The Morgan fingerprint density at radius 3 is 2.18 bits per heavy atom. The van der Waals surface area contributed by atoms with E-state index in [2.05, 4.69) is 45.9 Å². The van der Waals surface area contributed by atoms with E-state index in [4.69, 9.17) is 0 Å². The minimum absolute atomic E-state index is 0.334. The van der Waals surface area contributed by atoms with Gasteiger partial charge < -0.3 is 5.11 Å². The van der Waals surface area contributed by atoms with Gasteiger partial charge in [-0.05, 0) is 96.4 Å². The van der Waals surface area contributed by atoms with Crippen molar-refractivity contribution in [3.63, 3.8) is 0 Å². The first-order valence-electron chi connectivity index (χ1n) is 13.0. The van der Waals surface area contributed by atoms with Crippen molar-refractivity contribution in [3.8, 4) is 0 Å². The van der Waals surface area contributed by atoms with Gasteiger partial charge >= 0.3 is 5.97 Å². The lowest BCUT2D eigenvalue weighted by Gasteiger charge is -2.21. The van der Waals surface area contributed by atoms with Crippen molar-refractivity contribution in [1.29, 1.82) is 0 Å². The summed E-state index contributed by atoms with van der Waals surface area (Å²) in [4.78, 5) is 11.2. The molecule has 0 radical (unpaired) electrons. The first-order valence-corrected chi connectivity index (χ1v) is 13.0. The Morgan fingerprint density at radius 2 is 1.55 bits per heavy atom. The van der Waals surface area contributed by atoms with Gasteiger partial charge in [0.1, 0.15) is 0 Å². The molecule has 2 nitrogen and oxygen atoms in total. The second-order valence-corrected chi connectivity index (χ2v) is 10.7. The lowest BCUT2D eigenvalue weighted by molar-refractivity contribution is 0.0697. The van der Waals surface area contributed by atoms with E-state index in [0.29, 0.717) is 11.0 Å². The quantitative estimate of drug-likeness (QED) is 0.225. The maximum atomic E-state index is 11.2. The summed E-state index contributed by atoms with van der Waals surface area (Å²) in [6, 6.07) is 12.2.